The number of ether oxygens (including phenoxy) is 1. The summed E-state index contributed by atoms with van der Waals surface area (Å²) < 4.78 is 43.7. The van der Waals surface area contributed by atoms with Gasteiger partial charge in [-0.25, -0.2) is 0 Å². The molecule has 1 heterocycles. The lowest BCUT2D eigenvalue weighted by atomic mass is 10.1. The monoisotopic (exact) mass is 463 g/mol. The molecule has 2 amide bonds. The van der Waals surface area contributed by atoms with Gasteiger partial charge in [-0.3, -0.25) is 14.4 Å². The fraction of sp³-hybridized carbons (Fsp3) is 0.348. The summed E-state index contributed by atoms with van der Waals surface area (Å²) in [5, 5.41) is 2.44. The highest BCUT2D eigenvalue weighted by atomic mass is 19.4. The summed E-state index contributed by atoms with van der Waals surface area (Å²) in [6.45, 7) is 2.34. The molecule has 1 fully saturated rings. The van der Waals surface area contributed by atoms with E-state index in [1.807, 2.05) is 6.92 Å². The number of carbonyl (C=O) groups excluding carboxylic acids is 3. The second kappa shape index (κ2) is 10.4. The van der Waals surface area contributed by atoms with Crippen molar-refractivity contribution in [1.29, 1.82) is 0 Å². The molecule has 0 spiro atoms. The van der Waals surface area contributed by atoms with Crippen molar-refractivity contribution in [3.63, 3.8) is 0 Å². The first-order chi connectivity index (χ1) is 15.6. The largest absolute Gasteiger partial charge is 0.454 e. The summed E-state index contributed by atoms with van der Waals surface area (Å²) >= 11 is 0. The Morgan fingerprint density at radius 3 is 2.30 bits per heavy atom. The Kier molecular flexibility index (Phi) is 7.57. The van der Waals surface area contributed by atoms with Gasteiger partial charge in [0.1, 0.15) is 6.54 Å². The number of nitrogens with zero attached hydrogens (tertiary/aromatic N) is 2. The van der Waals surface area contributed by atoms with Crippen molar-refractivity contribution in [3.8, 4) is 0 Å². The van der Waals surface area contributed by atoms with Gasteiger partial charge in [-0.1, -0.05) is 23.8 Å². The van der Waals surface area contributed by atoms with Crippen LogP contribution < -0.4 is 10.2 Å². The molecule has 0 unspecified atom stereocenters. The molecule has 7 nitrogen and oxygen atoms in total. The van der Waals surface area contributed by atoms with Crippen molar-refractivity contribution in [2.75, 3.05) is 44.2 Å². The molecule has 0 radical (unpaired) electrons. The number of carbonyl (C=O) groups is 3. The van der Waals surface area contributed by atoms with E-state index in [2.05, 4.69) is 5.32 Å². The predicted octanol–water partition coefficient (Wildman–Crippen LogP) is 2.64. The van der Waals surface area contributed by atoms with Gasteiger partial charge in [-0.05, 0) is 37.3 Å². The Balaban J connectivity index is 1.41. The van der Waals surface area contributed by atoms with Crippen molar-refractivity contribution >= 4 is 23.5 Å². The Labute approximate surface area is 189 Å². The molecular weight excluding hydrogens is 439 g/mol. The topological polar surface area (TPSA) is 78.9 Å². The summed E-state index contributed by atoms with van der Waals surface area (Å²) in [6.07, 6.45) is -4.42. The average molecular weight is 463 g/mol. The molecule has 0 atom stereocenters. The maximum atomic E-state index is 12.9. The molecule has 2 aromatic rings. The lowest BCUT2D eigenvalue weighted by Gasteiger charge is -2.36. The number of piperazine rings is 1. The van der Waals surface area contributed by atoms with Gasteiger partial charge in [0.15, 0.2) is 6.61 Å². The zero-order valence-corrected chi connectivity index (χ0v) is 18.0. The minimum atomic E-state index is -4.42. The lowest BCUT2D eigenvalue weighted by molar-refractivity contribution is -0.151. The number of anilines is 1. The van der Waals surface area contributed by atoms with Crippen molar-refractivity contribution in [2.24, 2.45) is 0 Å². The molecule has 0 aromatic heterocycles. The summed E-state index contributed by atoms with van der Waals surface area (Å²) in [5.41, 5.74) is 1.12. The van der Waals surface area contributed by atoms with E-state index in [1.54, 1.807) is 35.2 Å². The molecule has 2 aromatic carbocycles. The van der Waals surface area contributed by atoms with Crippen LogP contribution in [0, 0.1) is 6.92 Å². The number of amides is 2. The Hall–Kier alpha value is -3.56. The molecule has 0 saturated carbocycles. The number of alkyl halides is 3. The van der Waals surface area contributed by atoms with Crippen LogP contribution in [-0.2, 0) is 20.5 Å². The molecule has 1 N–H and O–H groups in total. The first kappa shape index (κ1) is 24.1. The Bertz CT molecular complexity index is 1000. The third-order valence-electron chi connectivity index (χ3n) is 5.23. The zero-order valence-electron chi connectivity index (χ0n) is 18.0. The molecule has 0 aliphatic carbocycles. The van der Waals surface area contributed by atoms with Crippen molar-refractivity contribution in [3.05, 3.63) is 65.2 Å². The SMILES string of the molecule is Cc1ccc(C(=O)NCC(=O)OCC(=O)N2CCN(c3cccc(C(F)(F)F)c3)CC2)cc1. The van der Waals surface area contributed by atoms with E-state index in [-0.39, 0.29) is 19.6 Å². The second-order valence-electron chi connectivity index (χ2n) is 7.63. The van der Waals surface area contributed by atoms with Gasteiger partial charge in [0, 0.05) is 37.4 Å². The highest BCUT2D eigenvalue weighted by molar-refractivity contribution is 5.96. The molecule has 3 rings (SSSR count). The minimum Gasteiger partial charge on any atom is -0.454 e. The van der Waals surface area contributed by atoms with Gasteiger partial charge >= 0.3 is 12.1 Å². The van der Waals surface area contributed by atoms with Crippen molar-refractivity contribution < 1.29 is 32.3 Å². The van der Waals surface area contributed by atoms with E-state index in [1.165, 1.54) is 11.0 Å². The smallest absolute Gasteiger partial charge is 0.416 e. The minimum absolute atomic E-state index is 0.288. The third kappa shape index (κ3) is 6.71. The molecule has 176 valence electrons. The van der Waals surface area contributed by atoms with Crippen molar-refractivity contribution in [1.82, 2.24) is 10.2 Å². The number of hydrogen-bond acceptors (Lipinski definition) is 5. The molecule has 1 aliphatic heterocycles. The number of aryl methyl sites for hydroxylation is 1. The number of benzene rings is 2. The Morgan fingerprint density at radius 1 is 1.00 bits per heavy atom. The molecule has 0 bridgehead atoms. The summed E-state index contributed by atoms with van der Waals surface area (Å²) in [5.74, 6) is -1.58. The van der Waals surface area contributed by atoms with E-state index in [4.69, 9.17) is 4.74 Å². The number of rotatable bonds is 6. The van der Waals surface area contributed by atoms with Gasteiger partial charge in [0.05, 0.1) is 5.56 Å². The summed E-state index contributed by atoms with van der Waals surface area (Å²) in [7, 11) is 0. The second-order valence-corrected chi connectivity index (χ2v) is 7.63. The van der Waals surface area contributed by atoms with Gasteiger partial charge in [0.2, 0.25) is 0 Å². The van der Waals surface area contributed by atoms with E-state index >= 15 is 0 Å². The van der Waals surface area contributed by atoms with Gasteiger partial charge in [-0.15, -0.1) is 0 Å². The Morgan fingerprint density at radius 2 is 1.67 bits per heavy atom. The zero-order chi connectivity index (χ0) is 24.0. The third-order valence-corrected chi connectivity index (χ3v) is 5.23. The number of halogens is 3. The lowest BCUT2D eigenvalue weighted by Crippen LogP contribution is -2.50. The summed E-state index contributed by atoms with van der Waals surface area (Å²) in [6, 6.07) is 11.9. The highest BCUT2D eigenvalue weighted by Gasteiger charge is 2.31. The molecule has 1 saturated heterocycles. The van der Waals surface area contributed by atoms with Crippen LogP contribution in [0.1, 0.15) is 21.5 Å². The average Bonchev–Trinajstić information content (AvgIpc) is 2.81. The van der Waals surface area contributed by atoms with Crippen LogP contribution in [0.3, 0.4) is 0 Å². The van der Waals surface area contributed by atoms with E-state index in [0.29, 0.717) is 24.3 Å². The first-order valence-electron chi connectivity index (χ1n) is 10.3. The van der Waals surface area contributed by atoms with Gasteiger partial charge in [0.25, 0.3) is 11.8 Å². The van der Waals surface area contributed by atoms with Gasteiger partial charge < -0.3 is 19.9 Å². The molecule has 1 aliphatic rings. The predicted molar refractivity (Wildman–Crippen MR) is 115 cm³/mol. The van der Waals surface area contributed by atoms with E-state index in [9.17, 15) is 27.6 Å². The van der Waals surface area contributed by atoms with Crippen LogP contribution in [0.5, 0.6) is 0 Å². The van der Waals surface area contributed by atoms with Crippen LogP contribution in [0.2, 0.25) is 0 Å². The summed E-state index contributed by atoms with van der Waals surface area (Å²) in [4.78, 5) is 39.4. The standard InChI is InChI=1S/C23H24F3N3O4/c1-16-5-7-17(8-6-16)22(32)27-14-21(31)33-15-20(30)29-11-9-28(10-12-29)19-4-2-3-18(13-19)23(24,25)26/h2-8,13H,9-12,14-15H2,1H3,(H,27,32). The van der Waals surface area contributed by atoms with Crippen molar-refractivity contribution in [2.45, 2.75) is 13.1 Å². The fourth-order valence-corrected chi connectivity index (χ4v) is 3.34. The molecular formula is C23H24F3N3O4. The first-order valence-corrected chi connectivity index (χ1v) is 10.3. The van der Waals surface area contributed by atoms with Crippen LogP contribution in [-0.4, -0.2) is 62.0 Å². The number of esters is 1. The van der Waals surface area contributed by atoms with Crippen LogP contribution >= 0.6 is 0 Å². The number of hydrogen-bond donors (Lipinski definition) is 1. The normalized spacial score (nSPS) is 14.1. The molecule has 33 heavy (non-hydrogen) atoms. The van der Waals surface area contributed by atoms with Crippen LogP contribution in [0.15, 0.2) is 48.5 Å². The number of nitrogens with one attached hydrogen (secondary N) is 1. The van der Waals surface area contributed by atoms with Gasteiger partial charge in [-0.2, -0.15) is 13.2 Å². The van der Waals surface area contributed by atoms with Crippen LogP contribution in [0.25, 0.3) is 0 Å². The van der Waals surface area contributed by atoms with E-state index in [0.717, 1.165) is 17.7 Å². The quantitative estimate of drug-likeness (QED) is 0.667. The van der Waals surface area contributed by atoms with E-state index < -0.39 is 36.1 Å². The maximum Gasteiger partial charge on any atom is 0.416 e. The highest BCUT2D eigenvalue weighted by Crippen LogP contribution is 2.31. The maximum absolute atomic E-state index is 12.9. The molecule has 10 heteroatoms. The van der Waals surface area contributed by atoms with Crippen LogP contribution in [0.4, 0.5) is 18.9 Å². The fourth-order valence-electron chi connectivity index (χ4n) is 3.34.